The normalized spacial score (nSPS) is 12.2. The lowest BCUT2D eigenvalue weighted by molar-refractivity contribution is -0.119. The van der Waals surface area contributed by atoms with Crippen LogP contribution in [0.25, 0.3) is 0 Å². The number of nitrogen functional groups attached to an aromatic ring is 1. The molecule has 5 nitrogen and oxygen atoms in total. The minimum atomic E-state index is -0.482. The number of nitrogens with two attached hydrogens (primary N) is 1. The molecule has 0 spiro atoms. The number of carbonyl (C=O) groups is 1. The topological polar surface area (TPSA) is 72.9 Å². The fraction of sp³-hybridized carbons (Fsp3) is 0.167. The third-order valence-electron chi connectivity index (χ3n) is 2.68. The number of halogens is 3. The van der Waals surface area contributed by atoms with Crippen LogP contribution in [0.1, 0.15) is 13.0 Å². The summed E-state index contributed by atoms with van der Waals surface area (Å²) in [6.07, 6.45) is 3.45. The first-order valence-corrected chi connectivity index (χ1v) is 7.47. The van der Waals surface area contributed by atoms with Gasteiger partial charge in [-0.2, -0.15) is 5.10 Å². The van der Waals surface area contributed by atoms with Gasteiger partial charge in [0.15, 0.2) is 0 Å². The van der Waals surface area contributed by atoms with Crippen LogP contribution < -0.4 is 11.1 Å². The summed E-state index contributed by atoms with van der Waals surface area (Å²) in [7, 11) is 0. The number of amides is 1. The third-order valence-corrected chi connectivity index (χ3v) is 3.75. The molecule has 0 fully saturated rings. The van der Waals surface area contributed by atoms with Crippen LogP contribution >= 0.6 is 45.8 Å². The molecule has 0 saturated heterocycles. The van der Waals surface area contributed by atoms with Crippen LogP contribution in [0.15, 0.2) is 24.5 Å². The summed E-state index contributed by atoms with van der Waals surface area (Å²) in [5, 5.41) is 7.51. The van der Waals surface area contributed by atoms with Gasteiger partial charge in [-0.15, -0.1) is 0 Å². The van der Waals surface area contributed by atoms with Crippen LogP contribution in [0.3, 0.4) is 0 Å². The Kier molecular flexibility index (Phi) is 4.77. The minimum Gasteiger partial charge on any atom is -0.397 e. The van der Waals surface area contributed by atoms with Crippen molar-refractivity contribution >= 4 is 63.1 Å². The summed E-state index contributed by atoms with van der Waals surface area (Å²) < 4.78 is 2.52. The van der Waals surface area contributed by atoms with Gasteiger partial charge >= 0.3 is 0 Å². The number of carbonyl (C=O) groups excluding carboxylic acids is 1. The van der Waals surface area contributed by atoms with Crippen molar-refractivity contribution in [1.82, 2.24) is 9.78 Å². The molecule has 1 atom stereocenters. The molecule has 1 unspecified atom stereocenters. The summed E-state index contributed by atoms with van der Waals surface area (Å²) >= 11 is 14.0. The highest BCUT2D eigenvalue weighted by molar-refractivity contribution is 14.1. The fourth-order valence-electron chi connectivity index (χ4n) is 1.60. The lowest BCUT2D eigenvalue weighted by Gasteiger charge is -2.15. The number of benzene rings is 1. The molecular weight excluding hydrogens is 414 g/mol. The molecule has 1 aromatic carbocycles. The standard InChI is InChI=1S/C12H11Cl2IN4O/c1-6(19-5-8(15)4-17-19)12(20)18-11-9(14)2-7(13)3-10(11)16/h2-6H,16H2,1H3,(H,18,20). The minimum absolute atomic E-state index is 0.263. The number of nitrogens with one attached hydrogen (secondary N) is 1. The summed E-state index contributed by atoms with van der Waals surface area (Å²) in [6, 6.07) is 2.57. The first kappa shape index (κ1) is 15.4. The Hall–Kier alpha value is -0.990. The highest BCUT2D eigenvalue weighted by atomic mass is 127. The van der Waals surface area contributed by atoms with Gasteiger partial charge in [-0.25, -0.2) is 0 Å². The molecule has 2 rings (SSSR count). The largest absolute Gasteiger partial charge is 0.397 e. The molecule has 0 aliphatic carbocycles. The van der Waals surface area contributed by atoms with Gasteiger partial charge < -0.3 is 11.1 Å². The Bertz CT molecular complexity index is 636. The molecule has 0 saturated carbocycles. The van der Waals surface area contributed by atoms with E-state index in [-0.39, 0.29) is 5.91 Å². The summed E-state index contributed by atoms with van der Waals surface area (Å²) in [4.78, 5) is 12.2. The quantitative estimate of drug-likeness (QED) is 0.584. The van der Waals surface area contributed by atoms with Gasteiger partial charge in [0, 0.05) is 11.2 Å². The SMILES string of the molecule is CC(C(=O)Nc1c(N)cc(Cl)cc1Cl)n1cc(I)cn1. The van der Waals surface area contributed by atoms with Crippen LogP contribution in [0, 0.1) is 3.57 Å². The molecule has 3 N–H and O–H groups in total. The number of rotatable bonds is 3. The molecule has 0 aliphatic rings. The smallest absolute Gasteiger partial charge is 0.249 e. The van der Waals surface area contributed by atoms with E-state index in [0.29, 0.717) is 21.4 Å². The monoisotopic (exact) mass is 424 g/mol. The van der Waals surface area contributed by atoms with Crippen LogP contribution in [0.4, 0.5) is 11.4 Å². The van der Waals surface area contributed by atoms with E-state index in [1.165, 1.54) is 12.1 Å². The van der Waals surface area contributed by atoms with Crippen molar-refractivity contribution in [3.05, 3.63) is 38.1 Å². The maximum atomic E-state index is 12.2. The molecule has 1 amide bonds. The van der Waals surface area contributed by atoms with Gasteiger partial charge in [-0.1, -0.05) is 23.2 Å². The highest BCUT2D eigenvalue weighted by Gasteiger charge is 2.18. The number of anilines is 2. The zero-order valence-corrected chi connectivity index (χ0v) is 14.1. The van der Waals surface area contributed by atoms with Crippen LogP contribution in [0.5, 0.6) is 0 Å². The second-order valence-corrected chi connectivity index (χ2v) is 6.24. The first-order valence-electron chi connectivity index (χ1n) is 5.63. The molecule has 1 heterocycles. The Labute approximate surface area is 139 Å². The van der Waals surface area contributed by atoms with E-state index in [2.05, 4.69) is 33.0 Å². The lowest BCUT2D eigenvalue weighted by atomic mass is 10.2. The predicted molar refractivity (Wildman–Crippen MR) is 89.2 cm³/mol. The van der Waals surface area contributed by atoms with E-state index < -0.39 is 6.04 Å². The Balaban J connectivity index is 2.20. The summed E-state index contributed by atoms with van der Waals surface area (Å²) in [5.74, 6) is -0.263. The van der Waals surface area contributed by atoms with Gasteiger partial charge in [0.2, 0.25) is 5.91 Å². The molecule has 1 aromatic heterocycles. The molecule has 20 heavy (non-hydrogen) atoms. The highest BCUT2D eigenvalue weighted by Crippen LogP contribution is 2.32. The average Bonchev–Trinajstić information content (AvgIpc) is 2.79. The van der Waals surface area contributed by atoms with Gasteiger partial charge in [0.05, 0.1) is 26.2 Å². The Morgan fingerprint density at radius 2 is 2.20 bits per heavy atom. The van der Waals surface area contributed by atoms with Crippen LogP contribution in [0.2, 0.25) is 10.0 Å². The van der Waals surface area contributed by atoms with E-state index in [1.807, 2.05) is 0 Å². The van der Waals surface area contributed by atoms with Crippen LogP contribution in [-0.4, -0.2) is 15.7 Å². The second-order valence-electron chi connectivity index (χ2n) is 4.16. The Morgan fingerprint density at radius 3 is 2.75 bits per heavy atom. The zero-order valence-electron chi connectivity index (χ0n) is 10.4. The van der Waals surface area contributed by atoms with Crippen molar-refractivity contribution in [1.29, 1.82) is 0 Å². The molecule has 106 valence electrons. The van der Waals surface area contributed by atoms with Crippen molar-refractivity contribution in [3.8, 4) is 0 Å². The molecule has 0 bridgehead atoms. The van der Waals surface area contributed by atoms with E-state index in [9.17, 15) is 4.79 Å². The summed E-state index contributed by atoms with van der Waals surface area (Å²) in [5.41, 5.74) is 6.48. The third kappa shape index (κ3) is 3.36. The van der Waals surface area contributed by atoms with Crippen molar-refractivity contribution < 1.29 is 4.79 Å². The summed E-state index contributed by atoms with van der Waals surface area (Å²) in [6.45, 7) is 1.73. The van der Waals surface area contributed by atoms with E-state index in [0.717, 1.165) is 3.57 Å². The molecule has 0 aliphatic heterocycles. The van der Waals surface area contributed by atoms with Crippen molar-refractivity contribution in [2.24, 2.45) is 0 Å². The zero-order chi connectivity index (χ0) is 14.9. The van der Waals surface area contributed by atoms with Gasteiger partial charge in [0.25, 0.3) is 0 Å². The van der Waals surface area contributed by atoms with Gasteiger partial charge in [-0.05, 0) is 41.6 Å². The molecule has 2 aromatic rings. The van der Waals surface area contributed by atoms with E-state index in [4.69, 9.17) is 28.9 Å². The van der Waals surface area contributed by atoms with Gasteiger partial charge in [0.1, 0.15) is 6.04 Å². The lowest BCUT2D eigenvalue weighted by Crippen LogP contribution is -2.24. The molecular formula is C12H11Cl2IN4O. The number of aromatic nitrogens is 2. The van der Waals surface area contributed by atoms with Crippen molar-refractivity contribution in [2.75, 3.05) is 11.1 Å². The average molecular weight is 425 g/mol. The van der Waals surface area contributed by atoms with Crippen LogP contribution in [-0.2, 0) is 4.79 Å². The van der Waals surface area contributed by atoms with Crippen molar-refractivity contribution in [3.63, 3.8) is 0 Å². The van der Waals surface area contributed by atoms with E-state index in [1.54, 1.807) is 24.0 Å². The molecule has 8 heteroatoms. The van der Waals surface area contributed by atoms with E-state index >= 15 is 0 Å². The second kappa shape index (κ2) is 6.19. The maximum Gasteiger partial charge on any atom is 0.249 e. The Morgan fingerprint density at radius 1 is 1.50 bits per heavy atom. The number of hydrogen-bond donors (Lipinski definition) is 2. The van der Waals surface area contributed by atoms with Gasteiger partial charge in [-0.3, -0.25) is 9.48 Å². The number of nitrogens with zero attached hydrogens (tertiary/aromatic N) is 2. The maximum absolute atomic E-state index is 12.2. The number of hydrogen-bond acceptors (Lipinski definition) is 3. The molecule has 0 radical (unpaired) electrons. The predicted octanol–water partition coefficient (Wildman–Crippen LogP) is 3.58. The fourth-order valence-corrected chi connectivity index (χ4v) is 2.57. The van der Waals surface area contributed by atoms with Crippen molar-refractivity contribution in [2.45, 2.75) is 13.0 Å². The first-order chi connectivity index (χ1) is 9.38.